The Hall–Kier alpha value is -3.05. The third kappa shape index (κ3) is 5.56. The monoisotopic (exact) mass is 429 g/mol. The Morgan fingerprint density at radius 1 is 0.774 bits per heavy atom. The van der Waals surface area contributed by atoms with Crippen LogP contribution in [0.4, 0.5) is 0 Å². The molecule has 4 nitrogen and oxygen atoms in total. The van der Waals surface area contributed by atoms with Gasteiger partial charge in [-0.15, -0.1) is 10.2 Å². The summed E-state index contributed by atoms with van der Waals surface area (Å²) in [7, 11) is 1.70. The van der Waals surface area contributed by atoms with Crippen molar-refractivity contribution >= 4 is 11.8 Å². The van der Waals surface area contributed by atoms with E-state index in [4.69, 9.17) is 4.74 Å². The van der Waals surface area contributed by atoms with Crippen molar-refractivity contribution in [2.24, 2.45) is 0 Å². The molecular formula is C26H27N3OS. The SMILES string of the molecule is COc1ccccc1-n1c(Cc2ccccc2)nnc1SCCCCc1ccccc1. The van der Waals surface area contributed by atoms with Crippen LogP contribution in [0, 0.1) is 0 Å². The maximum Gasteiger partial charge on any atom is 0.195 e. The second kappa shape index (κ2) is 10.8. The summed E-state index contributed by atoms with van der Waals surface area (Å²) < 4.78 is 7.78. The molecule has 0 fully saturated rings. The number of unbranched alkanes of at least 4 members (excludes halogenated alkanes) is 1. The molecule has 1 aromatic heterocycles. The van der Waals surface area contributed by atoms with Gasteiger partial charge in [-0.2, -0.15) is 0 Å². The maximum atomic E-state index is 5.64. The van der Waals surface area contributed by atoms with Crippen molar-refractivity contribution in [2.45, 2.75) is 30.8 Å². The number of aryl methyl sites for hydroxylation is 1. The number of hydrogen-bond acceptors (Lipinski definition) is 4. The molecule has 0 aliphatic carbocycles. The second-order valence-electron chi connectivity index (χ2n) is 7.36. The van der Waals surface area contributed by atoms with E-state index in [-0.39, 0.29) is 0 Å². The van der Waals surface area contributed by atoms with Gasteiger partial charge in [0.05, 0.1) is 12.8 Å². The zero-order valence-electron chi connectivity index (χ0n) is 17.8. The molecular weight excluding hydrogens is 402 g/mol. The summed E-state index contributed by atoms with van der Waals surface area (Å²) in [4.78, 5) is 0. The van der Waals surface area contributed by atoms with Crippen LogP contribution in [0.3, 0.4) is 0 Å². The Bertz CT molecular complexity index is 1080. The van der Waals surface area contributed by atoms with Crippen molar-refractivity contribution in [2.75, 3.05) is 12.9 Å². The minimum atomic E-state index is 0.723. The second-order valence-corrected chi connectivity index (χ2v) is 8.42. The molecule has 4 rings (SSSR count). The number of ether oxygens (including phenoxy) is 1. The van der Waals surface area contributed by atoms with E-state index in [1.165, 1.54) is 11.1 Å². The van der Waals surface area contributed by atoms with Crippen LogP contribution in [-0.2, 0) is 12.8 Å². The molecule has 0 aliphatic rings. The Balaban J connectivity index is 1.50. The van der Waals surface area contributed by atoms with Crippen LogP contribution in [0.25, 0.3) is 5.69 Å². The van der Waals surface area contributed by atoms with Crippen LogP contribution in [-0.4, -0.2) is 27.6 Å². The Morgan fingerprint density at radius 2 is 1.45 bits per heavy atom. The fraction of sp³-hybridized carbons (Fsp3) is 0.231. The number of rotatable bonds is 10. The van der Waals surface area contributed by atoms with Gasteiger partial charge in [-0.25, -0.2) is 0 Å². The van der Waals surface area contributed by atoms with Gasteiger partial charge in [0.1, 0.15) is 11.6 Å². The summed E-state index contributed by atoms with van der Waals surface area (Å²) in [5.41, 5.74) is 3.59. The van der Waals surface area contributed by atoms with Gasteiger partial charge in [0, 0.05) is 12.2 Å². The molecule has 0 unspecified atom stereocenters. The van der Waals surface area contributed by atoms with E-state index in [1.54, 1.807) is 18.9 Å². The van der Waals surface area contributed by atoms with Gasteiger partial charge in [-0.05, 0) is 42.5 Å². The molecule has 0 atom stereocenters. The summed E-state index contributed by atoms with van der Waals surface area (Å²) in [6, 6.07) is 29.1. The molecule has 0 spiro atoms. The van der Waals surface area contributed by atoms with E-state index in [1.807, 2.05) is 24.3 Å². The zero-order valence-corrected chi connectivity index (χ0v) is 18.6. The third-order valence-corrected chi connectivity index (χ3v) is 6.18. The molecule has 0 aliphatic heterocycles. The van der Waals surface area contributed by atoms with Gasteiger partial charge in [0.2, 0.25) is 0 Å². The molecule has 31 heavy (non-hydrogen) atoms. The van der Waals surface area contributed by atoms with Gasteiger partial charge in [0.25, 0.3) is 0 Å². The molecule has 0 radical (unpaired) electrons. The number of benzene rings is 3. The highest BCUT2D eigenvalue weighted by Crippen LogP contribution is 2.30. The normalized spacial score (nSPS) is 10.9. The zero-order chi connectivity index (χ0) is 21.3. The predicted molar refractivity (Wildman–Crippen MR) is 127 cm³/mol. The summed E-state index contributed by atoms with van der Waals surface area (Å²) in [6.45, 7) is 0. The summed E-state index contributed by atoms with van der Waals surface area (Å²) >= 11 is 1.76. The minimum absolute atomic E-state index is 0.723. The van der Waals surface area contributed by atoms with E-state index in [9.17, 15) is 0 Å². The molecule has 0 saturated carbocycles. The van der Waals surface area contributed by atoms with E-state index in [0.29, 0.717) is 0 Å². The summed E-state index contributed by atoms with van der Waals surface area (Å²) in [6.07, 6.45) is 4.13. The summed E-state index contributed by atoms with van der Waals surface area (Å²) in [5, 5.41) is 10.00. The van der Waals surface area contributed by atoms with Crippen LogP contribution < -0.4 is 4.74 Å². The number of hydrogen-bond donors (Lipinski definition) is 0. The summed E-state index contributed by atoms with van der Waals surface area (Å²) in [5.74, 6) is 2.75. The van der Waals surface area contributed by atoms with Gasteiger partial charge in [-0.1, -0.05) is 84.6 Å². The first-order valence-corrected chi connectivity index (χ1v) is 11.6. The fourth-order valence-electron chi connectivity index (χ4n) is 3.58. The quantitative estimate of drug-likeness (QED) is 0.230. The van der Waals surface area contributed by atoms with E-state index in [0.717, 1.165) is 53.9 Å². The molecule has 0 N–H and O–H groups in total. The van der Waals surface area contributed by atoms with Crippen LogP contribution in [0.2, 0.25) is 0 Å². The number of methoxy groups -OCH3 is 1. The van der Waals surface area contributed by atoms with Crippen molar-refractivity contribution in [3.8, 4) is 11.4 Å². The number of thioether (sulfide) groups is 1. The predicted octanol–water partition coefficient (Wildman–Crippen LogP) is 5.98. The average molecular weight is 430 g/mol. The highest BCUT2D eigenvalue weighted by molar-refractivity contribution is 7.99. The first-order valence-electron chi connectivity index (χ1n) is 10.6. The van der Waals surface area contributed by atoms with Crippen molar-refractivity contribution in [1.82, 2.24) is 14.8 Å². The van der Waals surface area contributed by atoms with Gasteiger partial charge in [0.15, 0.2) is 5.16 Å². The van der Waals surface area contributed by atoms with Gasteiger partial charge in [-0.3, -0.25) is 4.57 Å². The average Bonchev–Trinajstić information content (AvgIpc) is 3.22. The molecule has 4 aromatic rings. The smallest absolute Gasteiger partial charge is 0.195 e. The number of para-hydroxylation sites is 2. The Morgan fingerprint density at radius 3 is 2.19 bits per heavy atom. The number of aromatic nitrogens is 3. The molecule has 0 saturated heterocycles. The third-order valence-electron chi connectivity index (χ3n) is 5.17. The van der Waals surface area contributed by atoms with E-state index < -0.39 is 0 Å². The van der Waals surface area contributed by atoms with Crippen LogP contribution in [0.1, 0.15) is 29.8 Å². The topological polar surface area (TPSA) is 39.9 Å². The molecule has 3 aromatic carbocycles. The standard InChI is InChI=1S/C26H27N3OS/c1-30-24-18-9-8-17-23(24)29-25(20-22-15-6-3-7-16-22)27-28-26(29)31-19-11-10-14-21-12-4-2-5-13-21/h2-9,12-13,15-18H,10-11,14,19-20H2,1H3. The van der Waals surface area contributed by atoms with Crippen molar-refractivity contribution in [3.63, 3.8) is 0 Å². The molecule has 0 amide bonds. The molecule has 1 heterocycles. The number of nitrogens with zero attached hydrogens (tertiary/aromatic N) is 3. The van der Waals surface area contributed by atoms with E-state index >= 15 is 0 Å². The fourth-order valence-corrected chi connectivity index (χ4v) is 4.54. The maximum absolute atomic E-state index is 5.64. The first kappa shape index (κ1) is 21.2. The van der Waals surface area contributed by atoms with Crippen molar-refractivity contribution < 1.29 is 4.74 Å². The largest absolute Gasteiger partial charge is 0.495 e. The Labute approximate surface area is 188 Å². The lowest BCUT2D eigenvalue weighted by Gasteiger charge is -2.14. The first-order chi connectivity index (χ1) is 15.3. The van der Waals surface area contributed by atoms with Crippen LogP contribution in [0.5, 0.6) is 5.75 Å². The van der Waals surface area contributed by atoms with Gasteiger partial charge >= 0.3 is 0 Å². The highest BCUT2D eigenvalue weighted by Gasteiger charge is 2.17. The minimum Gasteiger partial charge on any atom is -0.495 e. The highest BCUT2D eigenvalue weighted by atomic mass is 32.2. The lowest BCUT2D eigenvalue weighted by Crippen LogP contribution is -2.06. The van der Waals surface area contributed by atoms with E-state index in [2.05, 4.69) is 75.4 Å². The molecule has 0 bridgehead atoms. The molecule has 158 valence electrons. The van der Waals surface area contributed by atoms with Crippen molar-refractivity contribution in [1.29, 1.82) is 0 Å². The lowest BCUT2D eigenvalue weighted by molar-refractivity contribution is 0.411. The Kier molecular flexibility index (Phi) is 7.40. The van der Waals surface area contributed by atoms with Crippen LogP contribution >= 0.6 is 11.8 Å². The lowest BCUT2D eigenvalue weighted by atomic mass is 10.1. The molecule has 5 heteroatoms. The van der Waals surface area contributed by atoms with Gasteiger partial charge < -0.3 is 4.74 Å². The van der Waals surface area contributed by atoms with Crippen molar-refractivity contribution in [3.05, 3.63) is 102 Å². The van der Waals surface area contributed by atoms with Crippen LogP contribution in [0.15, 0.2) is 90.1 Å².